The average molecular weight is 282 g/mol. The van der Waals surface area contributed by atoms with Crippen LogP contribution in [0.15, 0.2) is 18.2 Å². The topological polar surface area (TPSA) is 9.23 Å². The first-order chi connectivity index (χ1) is 8.55. The van der Waals surface area contributed by atoms with Crippen LogP contribution in [0.1, 0.15) is 29.7 Å². The van der Waals surface area contributed by atoms with Crippen LogP contribution in [-0.2, 0) is 17.1 Å². The standard InChI is InChI=1S/C11H9BF6O/c1-6(19-5-12)7-2-8(10(13,14)15)4-9(3-7)11(16,17)18/h2-4,6H,5H2,1H3/t6-/m1/s1. The molecule has 1 nitrogen and oxygen atoms in total. The Kier molecular flexibility index (Phi) is 4.55. The highest BCUT2D eigenvalue weighted by Gasteiger charge is 2.37. The Morgan fingerprint density at radius 1 is 1.00 bits per heavy atom. The summed E-state index contributed by atoms with van der Waals surface area (Å²) in [4.78, 5) is 0. The van der Waals surface area contributed by atoms with Gasteiger partial charge in [-0.25, -0.2) is 0 Å². The molecule has 8 heteroatoms. The summed E-state index contributed by atoms with van der Waals surface area (Å²) in [5.74, 6) is 0. The highest BCUT2D eigenvalue weighted by molar-refractivity contribution is 6.08. The Labute approximate surface area is 107 Å². The Hall–Kier alpha value is -1.18. The van der Waals surface area contributed by atoms with Crippen LogP contribution >= 0.6 is 0 Å². The van der Waals surface area contributed by atoms with Crippen molar-refractivity contribution in [1.82, 2.24) is 0 Å². The van der Waals surface area contributed by atoms with E-state index < -0.39 is 29.6 Å². The summed E-state index contributed by atoms with van der Waals surface area (Å²) in [6.45, 7) is 1.02. The smallest absolute Gasteiger partial charge is 0.384 e. The molecule has 0 aromatic heterocycles. The molecule has 0 saturated carbocycles. The van der Waals surface area contributed by atoms with E-state index in [1.165, 1.54) is 6.92 Å². The van der Waals surface area contributed by atoms with Gasteiger partial charge in [-0.1, -0.05) is 0 Å². The molecule has 1 atom stereocenters. The van der Waals surface area contributed by atoms with Crippen molar-refractivity contribution in [2.24, 2.45) is 0 Å². The van der Waals surface area contributed by atoms with E-state index in [4.69, 9.17) is 12.6 Å². The van der Waals surface area contributed by atoms with Crippen molar-refractivity contribution >= 4 is 7.85 Å². The van der Waals surface area contributed by atoms with Crippen LogP contribution in [0.2, 0.25) is 0 Å². The zero-order chi connectivity index (χ0) is 14.8. The number of hydrogen-bond acceptors (Lipinski definition) is 1. The van der Waals surface area contributed by atoms with Crippen LogP contribution in [0, 0.1) is 0 Å². The lowest BCUT2D eigenvalue weighted by molar-refractivity contribution is -0.143. The Balaban J connectivity index is 3.33. The van der Waals surface area contributed by atoms with Gasteiger partial charge in [-0.15, -0.1) is 0 Å². The second-order valence-electron chi connectivity index (χ2n) is 3.81. The van der Waals surface area contributed by atoms with E-state index in [0.717, 1.165) is 0 Å². The molecule has 1 aromatic rings. The van der Waals surface area contributed by atoms with Crippen molar-refractivity contribution in [1.29, 1.82) is 0 Å². The van der Waals surface area contributed by atoms with Crippen LogP contribution in [0.4, 0.5) is 26.3 Å². The molecular formula is C11H9BF6O. The maximum absolute atomic E-state index is 12.6. The summed E-state index contributed by atoms with van der Waals surface area (Å²) >= 11 is 0. The lowest BCUT2D eigenvalue weighted by atomic mass is 10.0. The molecule has 0 bridgehead atoms. The van der Waals surface area contributed by atoms with Crippen molar-refractivity contribution in [3.05, 3.63) is 34.9 Å². The number of benzene rings is 1. The first-order valence-electron chi connectivity index (χ1n) is 5.16. The molecule has 0 heterocycles. The summed E-state index contributed by atoms with van der Waals surface area (Å²) in [6, 6.07) is 1.31. The van der Waals surface area contributed by atoms with E-state index >= 15 is 0 Å². The van der Waals surface area contributed by atoms with Gasteiger partial charge in [-0.3, -0.25) is 0 Å². The van der Waals surface area contributed by atoms with Gasteiger partial charge in [0.2, 0.25) is 0 Å². The minimum absolute atomic E-state index is 0.0681. The van der Waals surface area contributed by atoms with E-state index in [-0.39, 0.29) is 18.1 Å². The lowest BCUT2D eigenvalue weighted by Crippen LogP contribution is -2.13. The average Bonchev–Trinajstić information content (AvgIpc) is 2.26. The number of hydrogen-bond donors (Lipinski definition) is 0. The van der Waals surface area contributed by atoms with E-state index in [1.807, 2.05) is 0 Å². The lowest BCUT2D eigenvalue weighted by Gasteiger charge is -2.18. The zero-order valence-electron chi connectivity index (χ0n) is 9.77. The highest BCUT2D eigenvalue weighted by Crippen LogP contribution is 2.37. The van der Waals surface area contributed by atoms with Crippen molar-refractivity contribution in [2.75, 3.05) is 6.51 Å². The molecule has 19 heavy (non-hydrogen) atoms. The summed E-state index contributed by atoms with van der Waals surface area (Å²) in [6.07, 6.45) is -10.7. The van der Waals surface area contributed by atoms with Gasteiger partial charge in [-0.2, -0.15) is 26.3 Å². The van der Waals surface area contributed by atoms with Gasteiger partial charge in [0.1, 0.15) is 7.85 Å². The molecule has 0 saturated heterocycles. The van der Waals surface area contributed by atoms with E-state index in [1.54, 1.807) is 0 Å². The molecular weight excluding hydrogens is 273 g/mol. The highest BCUT2D eigenvalue weighted by atomic mass is 19.4. The quantitative estimate of drug-likeness (QED) is 0.603. The Morgan fingerprint density at radius 2 is 1.42 bits per heavy atom. The molecule has 0 N–H and O–H groups in total. The number of halogens is 6. The van der Waals surface area contributed by atoms with Crippen LogP contribution in [0.25, 0.3) is 0 Å². The molecule has 0 spiro atoms. The van der Waals surface area contributed by atoms with Gasteiger partial charge < -0.3 is 4.74 Å². The van der Waals surface area contributed by atoms with Crippen LogP contribution in [0.5, 0.6) is 0 Å². The van der Waals surface area contributed by atoms with Gasteiger partial charge in [-0.05, 0) is 30.7 Å². The number of rotatable bonds is 3. The van der Waals surface area contributed by atoms with Crippen molar-refractivity contribution in [2.45, 2.75) is 25.4 Å². The fourth-order valence-electron chi connectivity index (χ4n) is 1.45. The van der Waals surface area contributed by atoms with E-state index in [0.29, 0.717) is 12.1 Å². The van der Waals surface area contributed by atoms with Crippen LogP contribution in [0.3, 0.4) is 0 Å². The molecule has 0 amide bonds. The van der Waals surface area contributed by atoms with Crippen LogP contribution < -0.4 is 0 Å². The predicted octanol–water partition coefficient (Wildman–Crippen LogP) is 3.93. The predicted molar refractivity (Wildman–Crippen MR) is 56.6 cm³/mol. The fourth-order valence-corrected chi connectivity index (χ4v) is 1.45. The van der Waals surface area contributed by atoms with Crippen molar-refractivity contribution in [3.8, 4) is 0 Å². The minimum Gasteiger partial charge on any atom is -0.384 e. The normalized spacial score (nSPS) is 14.5. The van der Waals surface area contributed by atoms with E-state index in [2.05, 4.69) is 0 Å². The maximum atomic E-state index is 12.6. The fraction of sp³-hybridized carbons (Fsp3) is 0.455. The maximum Gasteiger partial charge on any atom is 0.416 e. The van der Waals surface area contributed by atoms with Crippen molar-refractivity contribution in [3.63, 3.8) is 0 Å². The third kappa shape index (κ3) is 4.16. The SMILES string of the molecule is [B]CO[C@H](C)c1cc(C(F)(F)F)cc(C(F)(F)F)c1. The summed E-state index contributed by atoms with van der Waals surface area (Å²) < 4.78 is 80.1. The molecule has 2 radical (unpaired) electrons. The molecule has 0 aliphatic heterocycles. The van der Waals surface area contributed by atoms with Gasteiger partial charge >= 0.3 is 12.4 Å². The number of ether oxygens (including phenoxy) is 1. The molecule has 1 rings (SSSR count). The molecule has 0 unspecified atom stereocenters. The third-order valence-electron chi connectivity index (χ3n) is 2.43. The Morgan fingerprint density at radius 3 is 1.74 bits per heavy atom. The van der Waals surface area contributed by atoms with Crippen LogP contribution in [-0.4, -0.2) is 14.4 Å². The van der Waals surface area contributed by atoms with Gasteiger partial charge in [0, 0.05) is 6.51 Å². The molecule has 104 valence electrons. The second-order valence-corrected chi connectivity index (χ2v) is 3.81. The first-order valence-corrected chi connectivity index (χ1v) is 5.16. The second kappa shape index (κ2) is 5.44. The first kappa shape index (κ1) is 15.9. The minimum atomic E-state index is -4.86. The van der Waals surface area contributed by atoms with Gasteiger partial charge in [0.15, 0.2) is 0 Å². The van der Waals surface area contributed by atoms with E-state index in [9.17, 15) is 26.3 Å². The largest absolute Gasteiger partial charge is 0.416 e. The summed E-state index contributed by atoms with van der Waals surface area (Å²) in [5.41, 5.74) is -2.97. The summed E-state index contributed by atoms with van der Waals surface area (Å²) in [7, 11) is 5.05. The molecule has 0 fully saturated rings. The molecule has 1 aromatic carbocycles. The summed E-state index contributed by atoms with van der Waals surface area (Å²) in [5, 5.41) is 0. The molecule has 0 aliphatic rings. The third-order valence-corrected chi connectivity index (χ3v) is 2.43. The number of alkyl halides is 6. The van der Waals surface area contributed by atoms with Crippen molar-refractivity contribution < 1.29 is 31.1 Å². The molecule has 0 aliphatic carbocycles. The van der Waals surface area contributed by atoms with Gasteiger partial charge in [0.25, 0.3) is 0 Å². The van der Waals surface area contributed by atoms with Gasteiger partial charge in [0.05, 0.1) is 17.2 Å². The Bertz CT molecular complexity index is 408. The zero-order valence-corrected chi connectivity index (χ0v) is 9.77. The monoisotopic (exact) mass is 282 g/mol.